The third-order valence-corrected chi connectivity index (χ3v) is 5.87. The van der Waals surface area contributed by atoms with Crippen molar-refractivity contribution in [2.24, 2.45) is 5.92 Å². The summed E-state index contributed by atoms with van der Waals surface area (Å²) in [6, 6.07) is 16.7. The molecule has 148 valence electrons. The molecule has 28 heavy (non-hydrogen) atoms. The van der Waals surface area contributed by atoms with Crippen LogP contribution in [-0.4, -0.2) is 28.4 Å². The average molecular weight is 418 g/mol. The summed E-state index contributed by atoms with van der Waals surface area (Å²) in [5.74, 6) is 2.05. The quantitative estimate of drug-likeness (QED) is 0.606. The first-order valence-electron chi connectivity index (χ1n) is 9.61. The molecule has 1 fully saturated rings. The van der Waals surface area contributed by atoms with Gasteiger partial charge in [-0.25, -0.2) is 4.98 Å². The standard InChI is InChI=1S/C22H23N3O.2ClH/c26-20-11-14-25-21-18(20)7-4-8-19(21)23-22(25)24-12-9-17(10-13-24)15-16-5-2-1-3-6-16;;/h1-8,17H,9-15H2;2*1H. The van der Waals surface area contributed by atoms with Crippen LogP contribution in [0.25, 0.3) is 11.0 Å². The van der Waals surface area contributed by atoms with Crippen LogP contribution in [0.15, 0.2) is 48.5 Å². The maximum absolute atomic E-state index is 12.2. The number of Topliss-reactive ketones (excluding diaryl/α,β-unsaturated/α-hetero) is 1. The number of benzene rings is 2. The molecule has 0 radical (unpaired) electrons. The first-order chi connectivity index (χ1) is 12.8. The lowest BCUT2D eigenvalue weighted by atomic mass is 9.90. The maximum atomic E-state index is 12.2. The van der Waals surface area contributed by atoms with Gasteiger partial charge in [-0.05, 0) is 42.9 Å². The first kappa shape index (κ1) is 20.7. The van der Waals surface area contributed by atoms with Gasteiger partial charge in [0, 0.05) is 31.6 Å². The number of anilines is 1. The Labute approximate surface area is 177 Å². The lowest BCUT2D eigenvalue weighted by Gasteiger charge is -2.33. The van der Waals surface area contributed by atoms with Crippen LogP contribution in [0.2, 0.25) is 0 Å². The summed E-state index contributed by atoms with van der Waals surface area (Å²) in [6.07, 6.45) is 4.15. The second-order valence-electron chi connectivity index (χ2n) is 7.53. The van der Waals surface area contributed by atoms with Crippen molar-refractivity contribution in [2.45, 2.75) is 32.2 Å². The highest BCUT2D eigenvalue weighted by molar-refractivity contribution is 6.08. The summed E-state index contributed by atoms with van der Waals surface area (Å²) in [4.78, 5) is 19.5. The van der Waals surface area contributed by atoms with Gasteiger partial charge in [0.05, 0.1) is 11.0 Å². The number of carbonyl (C=O) groups is 1. The van der Waals surface area contributed by atoms with E-state index in [4.69, 9.17) is 4.98 Å². The fraction of sp³-hybridized carbons (Fsp3) is 0.364. The summed E-state index contributed by atoms with van der Waals surface area (Å²) >= 11 is 0. The van der Waals surface area contributed by atoms with E-state index in [1.54, 1.807) is 0 Å². The zero-order valence-electron chi connectivity index (χ0n) is 15.7. The monoisotopic (exact) mass is 417 g/mol. The molecule has 0 saturated carbocycles. The smallest absolute Gasteiger partial charge is 0.206 e. The van der Waals surface area contributed by atoms with E-state index in [1.807, 2.05) is 18.2 Å². The Morgan fingerprint density at radius 1 is 0.929 bits per heavy atom. The zero-order valence-corrected chi connectivity index (χ0v) is 17.3. The van der Waals surface area contributed by atoms with Crippen LogP contribution in [0.1, 0.15) is 35.2 Å². The van der Waals surface area contributed by atoms with Crippen molar-refractivity contribution in [3.63, 3.8) is 0 Å². The van der Waals surface area contributed by atoms with Crippen LogP contribution < -0.4 is 4.90 Å². The molecule has 1 saturated heterocycles. The van der Waals surface area contributed by atoms with Gasteiger partial charge in [0.1, 0.15) is 0 Å². The van der Waals surface area contributed by atoms with Gasteiger partial charge in [-0.3, -0.25) is 4.79 Å². The van der Waals surface area contributed by atoms with E-state index in [9.17, 15) is 4.79 Å². The number of aryl methyl sites for hydroxylation is 1. The van der Waals surface area contributed by atoms with Crippen LogP contribution in [0.4, 0.5) is 5.95 Å². The van der Waals surface area contributed by atoms with Crippen molar-refractivity contribution in [1.29, 1.82) is 0 Å². The molecular weight excluding hydrogens is 393 g/mol. The number of piperidine rings is 1. The predicted octanol–water partition coefficient (Wildman–Crippen LogP) is 4.93. The topological polar surface area (TPSA) is 38.1 Å². The third-order valence-electron chi connectivity index (χ3n) is 5.87. The van der Waals surface area contributed by atoms with Gasteiger partial charge in [0.2, 0.25) is 5.95 Å². The molecule has 0 aliphatic carbocycles. The predicted molar refractivity (Wildman–Crippen MR) is 118 cm³/mol. The molecule has 6 heteroatoms. The molecule has 0 spiro atoms. The second-order valence-corrected chi connectivity index (χ2v) is 7.53. The van der Waals surface area contributed by atoms with E-state index in [2.05, 4.69) is 39.8 Å². The highest BCUT2D eigenvalue weighted by Gasteiger charge is 2.27. The van der Waals surface area contributed by atoms with E-state index >= 15 is 0 Å². The summed E-state index contributed by atoms with van der Waals surface area (Å²) in [6.45, 7) is 2.85. The van der Waals surface area contributed by atoms with Crippen molar-refractivity contribution < 1.29 is 4.79 Å². The number of para-hydroxylation sites is 1. The first-order valence-corrected chi connectivity index (χ1v) is 9.61. The van der Waals surface area contributed by atoms with Crippen LogP contribution in [0.3, 0.4) is 0 Å². The van der Waals surface area contributed by atoms with Crippen molar-refractivity contribution >= 4 is 47.6 Å². The molecule has 3 heterocycles. The molecule has 2 aliphatic heterocycles. The number of aromatic nitrogens is 2. The van der Waals surface area contributed by atoms with E-state index in [0.29, 0.717) is 6.42 Å². The van der Waals surface area contributed by atoms with Gasteiger partial charge in [-0.1, -0.05) is 36.4 Å². The Balaban J connectivity index is 0.00000112. The third kappa shape index (κ3) is 3.63. The highest BCUT2D eigenvalue weighted by Crippen LogP contribution is 2.32. The van der Waals surface area contributed by atoms with Crippen LogP contribution in [0, 0.1) is 5.92 Å². The molecule has 0 atom stereocenters. The number of rotatable bonds is 3. The number of imidazole rings is 1. The molecule has 1 aromatic heterocycles. The molecule has 0 amide bonds. The molecule has 4 nitrogen and oxygen atoms in total. The largest absolute Gasteiger partial charge is 0.342 e. The molecule has 2 aromatic carbocycles. The number of carbonyl (C=O) groups excluding carboxylic acids is 1. The van der Waals surface area contributed by atoms with Crippen LogP contribution in [0.5, 0.6) is 0 Å². The van der Waals surface area contributed by atoms with Gasteiger partial charge in [-0.2, -0.15) is 0 Å². The Hall–Kier alpha value is -2.04. The van der Waals surface area contributed by atoms with Crippen molar-refractivity contribution in [3.8, 4) is 0 Å². The number of hydrogen-bond donors (Lipinski definition) is 0. The summed E-state index contributed by atoms with van der Waals surface area (Å²) in [5.41, 5.74) is 4.27. The summed E-state index contributed by atoms with van der Waals surface area (Å²) in [7, 11) is 0. The highest BCUT2D eigenvalue weighted by atomic mass is 35.5. The Morgan fingerprint density at radius 3 is 2.43 bits per heavy atom. The van der Waals surface area contributed by atoms with Crippen LogP contribution in [-0.2, 0) is 13.0 Å². The maximum Gasteiger partial charge on any atom is 0.206 e. The summed E-state index contributed by atoms with van der Waals surface area (Å²) < 4.78 is 2.27. The lowest BCUT2D eigenvalue weighted by molar-refractivity contribution is 0.0973. The normalized spacial score (nSPS) is 16.6. The molecule has 3 aromatic rings. The minimum Gasteiger partial charge on any atom is -0.342 e. The number of halogens is 2. The minimum atomic E-state index is 0. The van der Waals surface area contributed by atoms with E-state index < -0.39 is 0 Å². The van der Waals surface area contributed by atoms with Crippen molar-refractivity contribution in [1.82, 2.24) is 9.55 Å². The molecule has 0 unspecified atom stereocenters. The van der Waals surface area contributed by atoms with Gasteiger partial charge < -0.3 is 9.47 Å². The van der Waals surface area contributed by atoms with Crippen molar-refractivity contribution in [2.75, 3.05) is 18.0 Å². The van der Waals surface area contributed by atoms with E-state index in [-0.39, 0.29) is 30.6 Å². The van der Waals surface area contributed by atoms with Gasteiger partial charge in [-0.15, -0.1) is 24.8 Å². The molecule has 0 bridgehead atoms. The SMILES string of the molecule is Cl.Cl.O=C1CCn2c(N3CCC(Cc4ccccc4)CC3)nc3cccc1c32. The van der Waals surface area contributed by atoms with Gasteiger partial charge in [0.15, 0.2) is 5.78 Å². The van der Waals surface area contributed by atoms with E-state index in [0.717, 1.165) is 48.1 Å². The van der Waals surface area contributed by atoms with Crippen LogP contribution >= 0.6 is 24.8 Å². The molecule has 2 aliphatic rings. The van der Waals surface area contributed by atoms with Gasteiger partial charge >= 0.3 is 0 Å². The fourth-order valence-electron chi connectivity index (χ4n) is 4.48. The second kappa shape index (κ2) is 8.54. The average Bonchev–Trinajstić information content (AvgIpc) is 3.06. The molecular formula is C22H25Cl2N3O. The molecule has 5 rings (SSSR count). The Morgan fingerprint density at radius 2 is 1.68 bits per heavy atom. The number of nitrogens with zero attached hydrogens (tertiary/aromatic N) is 3. The van der Waals surface area contributed by atoms with Crippen molar-refractivity contribution in [3.05, 3.63) is 59.7 Å². The fourth-order valence-corrected chi connectivity index (χ4v) is 4.48. The molecule has 0 N–H and O–H groups in total. The lowest BCUT2D eigenvalue weighted by Crippen LogP contribution is -2.36. The Bertz CT molecular complexity index is 963. The minimum absolute atomic E-state index is 0. The number of hydrogen-bond acceptors (Lipinski definition) is 3. The Kier molecular flexibility index (Phi) is 6.31. The van der Waals surface area contributed by atoms with Gasteiger partial charge in [0.25, 0.3) is 0 Å². The number of ketones is 1. The van der Waals surface area contributed by atoms with E-state index in [1.165, 1.54) is 24.8 Å². The zero-order chi connectivity index (χ0) is 17.5. The summed E-state index contributed by atoms with van der Waals surface area (Å²) in [5, 5.41) is 0.